The Labute approximate surface area is 172 Å². The molecule has 1 aliphatic heterocycles. The summed E-state index contributed by atoms with van der Waals surface area (Å²) in [5, 5.41) is 3.19. The van der Waals surface area contributed by atoms with Crippen molar-refractivity contribution in [2.45, 2.75) is 46.1 Å². The molecule has 8 heteroatoms. The number of hydrogen-bond donors (Lipinski definition) is 1. The summed E-state index contributed by atoms with van der Waals surface area (Å²) in [4.78, 5) is 54.6. The van der Waals surface area contributed by atoms with Crippen molar-refractivity contribution in [1.29, 1.82) is 0 Å². The number of benzene rings is 1. The highest BCUT2D eigenvalue weighted by Crippen LogP contribution is 2.38. The van der Waals surface area contributed by atoms with Crippen LogP contribution >= 0.6 is 11.3 Å². The number of hydrogen-bond acceptors (Lipinski definition) is 6. The molecule has 2 heterocycles. The molecule has 7 nitrogen and oxygen atoms in total. The third-order valence-electron chi connectivity index (χ3n) is 5.17. The molecule has 150 valence electrons. The lowest BCUT2D eigenvalue weighted by molar-refractivity contribution is -0.139. The Morgan fingerprint density at radius 3 is 2.41 bits per heavy atom. The van der Waals surface area contributed by atoms with Crippen molar-refractivity contribution in [3.05, 3.63) is 46.0 Å². The highest BCUT2D eigenvalue weighted by Gasteiger charge is 2.34. The fourth-order valence-corrected chi connectivity index (χ4v) is 4.60. The van der Waals surface area contributed by atoms with Crippen molar-refractivity contribution in [2.75, 3.05) is 5.32 Å². The number of imide groups is 1. The fourth-order valence-electron chi connectivity index (χ4n) is 3.69. The Kier molecular flexibility index (Phi) is 4.82. The van der Waals surface area contributed by atoms with E-state index in [1.807, 2.05) is 13.8 Å². The van der Waals surface area contributed by atoms with Gasteiger partial charge in [0.05, 0.1) is 17.1 Å². The molecule has 1 aromatic carbocycles. The van der Waals surface area contributed by atoms with Crippen molar-refractivity contribution < 1.29 is 19.2 Å². The summed E-state index contributed by atoms with van der Waals surface area (Å²) in [5.41, 5.74) is 1.85. The zero-order chi connectivity index (χ0) is 20.8. The standard InChI is InChI=1S/C21H21N3O4S/c1-21(2)9-14-18(15(25)10-21)29-20(22-14)23-19(28)13-5-3-12(4-6-13)11-24-16(26)7-8-17(24)27/h3-6H,7-11H2,1-2H3,(H,22,23,28). The van der Waals surface area contributed by atoms with Gasteiger partial charge in [-0.25, -0.2) is 4.98 Å². The minimum Gasteiger partial charge on any atom is -0.298 e. The van der Waals surface area contributed by atoms with E-state index in [1.165, 1.54) is 16.2 Å². The van der Waals surface area contributed by atoms with Gasteiger partial charge in [-0.2, -0.15) is 0 Å². The average molecular weight is 411 g/mol. The number of nitrogens with zero attached hydrogens (tertiary/aromatic N) is 2. The van der Waals surface area contributed by atoms with Crippen molar-refractivity contribution in [1.82, 2.24) is 9.88 Å². The number of carbonyl (C=O) groups is 4. The van der Waals surface area contributed by atoms with Gasteiger partial charge >= 0.3 is 0 Å². The van der Waals surface area contributed by atoms with E-state index in [4.69, 9.17) is 0 Å². The van der Waals surface area contributed by atoms with Crippen molar-refractivity contribution in [3.63, 3.8) is 0 Å². The molecule has 0 bridgehead atoms. The van der Waals surface area contributed by atoms with Gasteiger partial charge in [-0.05, 0) is 29.5 Å². The number of aromatic nitrogens is 1. The maximum atomic E-state index is 12.5. The highest BCUT2D eigenvalue weighted by atomic mass is 32.1. The molecule has 1 saturated heterocycles. The first-order valence-electron chi connectivity index (χ1n) is 9.48. The van der Waals surface area contributed by atoms with Crippen LogP contribution in [0.1, 0.15) is 64.4 Å². The quantitative estimate of drug-likeness (QED) is 0.780. The van der Waals surface area contributed by atoms with Gasteiger partial charge in [0.1, 0.15) is 0 Å². The number of nitrogens with one attached hydrogen (secondary N) is 1. The van der Waals surface area contributed by atoms with E-state index in [-0.39, 0.29) is 48.3 Å². The number of likely N-dealkylation sites (tertiary alicyclic amines) is 1. The summed E-state index contributed by atoms with van der Waals surface area (Å²) in [5.74, 6) is -0.572. The molecule has 1 fully saturated rings. The molecule has 1 aromatic heterocycles. The molecule has 4 rings (SSSR count). The fraction of sp³-hybridized carbons (Fsp3) is 0.381. The van der Waals surface area contributed by atoms with Crippen LogP contribution in [-0.2, 0) is 22.6 Å². The number of fused-ring (bicyclic) bond motifs is 1. The van der Waals surface area contributed by atoms with E-state index >= 15 is 0 Å². The summed E-state index contributed by atoms with van der Waals surface area (Å²) in [6.45, 7) is 4.29. The normalized spacial score (nSPS) is 18.1. The summed E-state index contributed by atoms with van der Waals surface area (Å²) in [7, 11) is 0. The van der Waals surface area contributed by atoms with Crippen LogP contribution < -0.4 is 5.32 Å². The van der Waals surface area contributed by atoms with Crippen LogP contribution in [0.4, 0.5) is 5.13 Å². The van der Waals surface area contributed by atoms with Crippen LogP contribution in [0.2, 0.25) is 0 Å². The van der Waals surface area contributed by atoms with Crippen LogP contribution in [0.3, 0.4) is 0 Å². The largest absolute Gasteiger partial charge is 0.298 e. The molecule has 29 heavy (non-hydrogen) atoms. The Morgan fingerprint density at radius 2 is 1.76 bits per heavy atom. The Bertz CT molecular complexity index is 1010. The van der Waals surface area contributed by atoms with E-state index in [9.17, 15) is 19.2 Å². The number of ketones is 1. The first kappa shape index (κ1) is 19.4. The lowest BCUT2D eigenvalue weighted by Crippen LogP contribution is -2.28. The smallest absolute Gasteiger partial charge is 0.257 e. The molecule has 0 spiro atoms. The van der Waals surface area contributed by atoms with Gasteiger partial charge in [-0.3, -0.25) is 29.4 Å². The molecule has 0 atom stereocenters. The Balaban J connectivity index is 1.44. The SMILES string of the molecule is CC1(C)CC(=O)c2sc(NC(=O)c3ccc(CN4C(=O)CCC4=O)cc3)nc2C1. The van der Waals surface area contributed by atoms with Gasteiger partial charge in [-0.15, -0.1) is 0 Å². The molecule has 0 radical (unpaired) electrons. The Hall–Kier alpha value is -2.87. The topological polar surface area (TPSA) is 96.4 Å². The summed E-state index contributed by atoms with van der Waals surface area (Å²) in [6.07, 6.45) is 1.72. The van der Waals surface area contributed by atoms with Crippen LogP contribution in [0.15, 0.2) is 24.3 Å². The van der Waals surface area contributed by atoms with Gasteiger partial charge < -0.3 is 0 Å². The average Bonchev–Trinajstić information content (AvgIpc) is 3.19. The van der Waals surface area contributed by atoms with Crippen molar-refractivity contribution >= 4 is 40.0 Å². The second-order valence-electron chi connectivity index (χ2n) is 8.26. The minimum atomic E-state index is -0.317. The molecule has 0 unspecified atom stereocenters. The van der Waals surface area contributed by atoms with Gasteiger partial charge in [-0.1, -0.05) is 37.3 Å². The van der Waals surface area contributed by atoms with Gasteiger partial charge in [0, 0.05) is 24.8 Å². The second kappa shape index (κ2) is 7.18. The second-order valence-corrected chi connectivity index (χ2v) is 9.26. The predicted molar refractivity (Wildman–Crippen MR) is 108 cm³/mol. The van der Waals surface area contributed by atoms with E-state index < -0.39 is 0 Å². The molecule has 3 amide bonds. The van der Waals surface area contributed by atoms with Crippen LogP contribution in [0.25, 0.3) is 0 Å². The number of Topliss-reactive ketones (excluding diaryl/α,β-unsaturated/α-hetero) is 1. The van der Waals surface area contributed by atoms with Crippen molar-refractivity contribution in [2.24, 2.45) is 5.41 Å². The molecular formula is C21H21N3O4S. The molecule has 0 saturated carbocycles. The number of anilines is 1. The molecular weight excluding hydrogens is 390 g/mol. The van der Waals surface area contributed by atoms with E-state index in [0.29, 0.717) is 28.4 Å². The number of carbonyl (C=O) groups excluding carboxylic acids is 4. The zero-order valence-corrected chi connectivity index (χ0v) is 17.1. The molecule has 1 aliphatic carbocycles. The van der Waals surface area contributed by atoms with Crippen molar-refractivity contribution in [3.8, 4) is 0 Å². The van der Waals surface area contributed by atoms with E-state index in [1.54, 1.807) is 24.3 Å². The summed E-state index contributed by atoms with van der Waals surface area (Å²) < 4.78 is 0. The first-order chi connectivity index (χ1) is 13.7. The number of amides is 3. The minimum absolute atomic E-state index is 0.0737. The lowest BCUT2D eigenvalue weighted by atomic mass is 9.78. The predicted octanol–water partition coefficient (Wildman–Crippen LogP) is 3.20. The molecule has 2 aromatic rings. The maximum absolute atomic E-state index is 12.5. The van der Waals surface area contributed by atoms with E-state index in [2.05, 4.69) is 10.3 Å². The van der Waals surface area contributed by atoms with Crippen LogP contribution in [0.5, 0.6) is 0 Å². The monoisotopic (exact) mass is 411 g/mol. The molecule has 1 N–H and O–H groups in total. The maximum Gasteiger partial charge on any atom is 0.257 e. The van der Waals surface area contributed by atoms with Crippen LogP contribution in [0, 0.1) is 5.41 Å². The Morgan fingerprint density at radius 1 is 1.10 bits per heavy atom. The van der Waals surface area contributed by atoms with Crippen LogP contribution in [-0.4, -0.2) is 33.4 Å². The highest BCUT2D eigenvalue weighted by molar-refractivity contribution is 7.17. The summed E-state index contributed by atoms with van der Waals surface area (Å²) in [6, 6.07) is 6.76. The van der Waals surface area contributed by atoms with Gasteiger partial charge in [0.2, 0.25) is 11.8 Å². The van der Waals surface area contributed by atoms with E-state index in [0.717, 1.165) is 11.3 Å². The number of thiazole rings is 1. The summed E-state index contributed by atoms with van der Waals surface area (Å²) >= 11 is 1.22. The zero-order valence-electron chi connectivity index (χ0n) is 16.3. The lowest BCUT2D eigenvalue weighted by Gasteiger charge is -2.26. The first-order valence-corrected chi connectivity index (χ1v) is 10.3. The third-order valence-corrected chi connectivity index (χ3v) is 6.22. The number of rotatable bonds is 4. The third kappa shape index (κ3) is 3.98. The molecule has 2 aliphatic rings. The van der Waals surface area contributed by atoms with Gasteiger partial charge in [0.25, 0.3) is 5.91 Å². The van der Waals surface area contributed by atoms with Gasteiger partial charge in [0.15, 0.2) is 10.9 Å².